The zero-order valence-electron chi connectivity index (χ0n) is 27.9. The van der Waals surface area contributed by atoms with Crippen molar-refractivity contribution in [1.29, 1.82) is 0 Å². The van der Waals surface area contributed by atoms with Crippen molar-refractivity contribution in [1.82, 2.24) is 20.0 Å². The van der Waals surface area contributed by atoms with E-state index in [1.165, 1.54) is 5.57 Å². The number of piperidine rings is 2. The number of amides is 2. The summed E-state index contributed by atoms with van der Waals surface area (Å²) < 4.78 is 8.21. The summed E-state index contributed by atoms with van der Waals surface area (Å²) in [5.74, 6) is 0.562. The fraction of sp³-hybridized carbons (Fsp3) is 0.378. The molecule has 4 heterocycles. The number of fused-ring (bicyclic) bond motifs is 1. The van der Waals surface area contributed by atoms with Crippen LogP contribution in [0.1, 0.15) is 67.7 Å². The Balaban J connectivity index is 1.00. The number of nitrogens with one attached hydrogen (secondary N) is 1. The fourth-order valence-electron chi connectivity index (χ4n) is 7.69. The van der Waals surface area contributed by atoms with Gasteiger partial charge in [-0.3, -0.25) is 24.5 Å². The number of imide groups is 1. The van der Waals surface area contributed by atoms with Crippen molar-refractivity contribution < 1.29 is 19.4 Å². The van der Waals surface area contributed by atoms with Crippen molar-refractivity contribution in [3.8, 4) is 11.5 Å². The topological polar surface area (TPSA) is 178 Å². The SMILES string of the molecule is NC(N)=C(/C=C(\N)c1ccccc1O)c1cnn(C2CCN([C@]3(S)CC=C(c4cccc5c4OCCN5C4CCC(=O)NC4=O)CC3)CC2)c1. The summed E-state index contributed by atoms with van der Waals surface area (Å²) in [5, 5.41) is 17.4. The number of anilines is 1. The van der Waals surface area contributed by atoms with Crippen LogP contribution < -0.4 is 32.2 Å². The summed E-state index contributed by atoms with van der Waals surface area (Å²) in [6.07, 6.45) is 12.9. The second-order valence-corrected chi connectivity index (χ2v) is 14.3. The van der Waals surface area contributed by atoms with Crippen molar-refractivity contribution in [2.24, 2.45) is 17.2 Å². The maximum Gasteiger partial charge on any atom is 0.249 e. The van der Waals surface area contributed by atoms with E-state index in [4.69, 9.17) is 34.6 Å². The highest BCUT2D eigenvalue weighted by atomic mass is 32.1. The number of thiol groups is 1. The number of phenols is 1. The molecular formula is C37H44N8O4S. The van der Waals surface area contributed by atoms with Gasteiger partial charge < -0.3 is 31.9 Å². The number of nitrogens with zero attached hydrogens (tertiary/aromatic N) is 4. The van der Waals surface area contributed by atoms with Gasteiger partial charge in [-0.05, 0) is 68.4 Å². The lowest BCUT2D eigenvalue weighted by Gasteiger charge is -2.46. The van der Waals surface area contributed by atoms with E-state index in [2.05, 4.69) is 32.4 Å². The van der Waals surface area contributed by atoms with Crippen LogP contribution in [0.3, 0.4) is 0 Å². The van der Waals surface area contributed by atoms with E-state index in [1.807, 2.05) is 23.0 Å². The van der Waals surface area contributed by atoms with Crippen LogP contribution in [0.4, 0.5) is 5.69 Å². The van der Waals surface area contributed by atoms with Crippen LogP contribution in [0.25, 0.3) is 16.8 Å². The van der Waals surface area contributed by atoms with E-state index in [9.17, 15) is 14.7 Å². The fourth-order valence-corrected chi connectivity index (χ4v) is 8.09. The van der Waals surface area contributed by atoms with Gasteiger partial charge in [0.05, 0.1) is 29.3 Å². The molecule has 0 saturated carbocycles. The van der Waals surface area contributed by atoms with Gasteiger partial charge in [0.1, 0.15) is 30.0 Å². The van der Waals surface area contributed by atoms with Crippen molar-refractivity contribution in [2.75, 3.05) is 31.1 Å². The molecule has 12 nitrogen and oxygen atoms in total. The van der Waals surface area contributed by atoms with Crippen LogP contribution in [0.5, 0.6) is 11.5 Å². The molecule has 13 heteroatoms. The molecule has 2 amide bonds. The molecule has 2 fully saturated rings. The molecule has 50 heavy (non-hydrogen) atoms. The van der Waals surface area contributed by atoms with Crippen LogP contribution >= 0.6 is 12.6 Å². The molecule has 8 N–H and O–H groups in total. The van der Waals surface area contributed by atoms with Crippen molar-refractivity contribution in [2.45, 2.75) is 61.9 Å². The molecule has 7 rings (SSSR count). The molecule has 262 valence electrons. The van der Waals surface area contributed by atoms with E-state index in [1.54, 1.807) is 36.5 Å². The van der Waals surface area contributed by atoms with E-state index in [0.29, 0.717) is 42.8 Å². The largest absolute Gasteiger partial charge is 0.507 e. The van der Waals surface area contributed by atoms with Crippen molar-refractivity contribution in [3.63, 3.8) is 0 Å². The molecule has 3 aromatic rings. The summed E-state index contributed by atoms with van der Waals surface area (Å²) in [4.78, 5) is 28.8. The highest BCUT2D eigenvalue weighted by Gasteiger charge is 2.39. The molecule has 0 spiro atoms. The molecule has 0 bridgehead atoms. The van der Waals surface area contributed by atoms with Gasteiger partial charge >= 0.3 is 0 Å². The Bertz CT molecular complexity index is 1890. The number of hydrogen-bond acceptors (Lipinski definition) is 11. The van der Waals surface area contributed by atoms with Gasteiger partial charge in [-0.1, -0.05) is 30.3 Å². The molecule has 2 atom stereocenters. The number of aromatic hydroxyl groups is 1. The third-order valence-corrected chi connectivity index (χ3v) is 11.1. The third kappa shape index (κ3) is 6.54. The highest BCUT2D eigenvalue weighted by Crippen LogP contribution is 2.46. The van der Waals surface area contributed by atoms with E-state index < -0.39 is 0 Å². The second-order valence-electron chi connectivity index (χ2n) is 13.5. The number of likely N-dealkylation sites (tertiary alicyclic amines) is 1. The number of phenolic OH excluding ortho intramolecular Hbond substituents is 1. The number of para-hydroxylation sites is 2. The zero-order chi connectivity index (χ0) is 35.0. The summed E-state index contributed by atoms with van der Waals surface area (Å²) in [6.45, 7) is 2.86. The van der Waals surface area contributed by atoms with Gasteiger partial charge in [0, 0.05) is 53.7 Å². The van der Waals surface area contributed by atoms with Crippen LogP contribution in [-0.4, -0.2) is 68.8 Å². The van der Waals surface area contributed by atoms with Gasteiger partial charge in [0.15, 0.2) is 0 Å². The summed E-state index contributed by atoms with van der Waals surface area (Å²) >= 11 is 5.26. The Morgan fingerprint density at radius 1 is 1.04 bits per heavy atom. The van der Waals surface area contributed by atoms with Crippen LogP contribution in [-0.2, 0) is 9.59 Å². The number of ether oxygens (including phenoxy) is 1. The first-order valence-corrected chi connectivity index (χ1v) is 17.6. The lowest BCUT2D eigenvalue weighted by atomic mass is 9.87. The normalized spacial score (nSPS) is 23.5. The number of hydrogen-bond donors (Lipinski definition) is 6. The minimum Gasteiger partial charge on any atom is -0.507 e. The molecule has 2 aromatic carbocycles. The Labute approximate surface area is 297 Å². The van der Waals surface area contributed by atoms with E-state index >= 15 is 0 Å². The Hall–Kier alpha value is -4.88. The summed E-state index contributed by atoms with van der Waals surface area (Å²) in [7, 11) is 0. The molecule has 0 radical (unpaired) electrons. The number of benzene rings is 2. The number of nitrogens with two attached hydrogens (primary N) is 3. The first-order valence-electron chi connectivity index (χ1n) is 17.2. The average Bonchev–Trinajstić information content (AvgIpc) is 3.61. The van der Waals surface area contributed by atoms with Crippen LogP contribution in [0, 0.1) is 0 Å². The first kappa shape index (κ1) is 33.6. The lowest BCUT2D eigenvalue weighted by Crippen LogP contribution is -2.54. The number of rotatable bonds is 7. The second kappa shape index (κ2) is 13.8. The van der Waals surface area contributed by atoms with Crippen LogP contribution in [0.2, 0.25) is 0 Å². The predicted molar refractivity (Wildman–Crippen MR) is 197 cm³/mol. The van der Waals surface area contributed by atoms with Crippen molar-refractivity contribution in [3.05, 3.63) is 89.5 Å². The Morgan fingerprint density at radius 2 is 1.84 bits per heavy atom. The summed E-state index contributed by atoms with van der Waals surface area (Å²) in [5.41, 5.74) is 23.8. The Morgan fingerprint density at radius 3 is 2.56 bits per heavy atom. The molecule has 4 aliphatic rings. The smallest absolute Gasteiger partial charge is 0.249 e. The maximum atomic E-state index is 12.7. The number of carbonyl (C=O) groups excluding carboxylic acids is 2. The molecular weight excluding hydrogens is 653 g/mol. The zero-order valence-corrected chi connectivity index (χ0v) is 28.8. The van der Waals surface area contributed by atoms with Crippen LogP contribution in [0.15, 0.2) is 72.8 Å². The number of aromatic nitrogens is 2. The average molecular weight is 697 g/mol. The van der Waals surface area contributed by atoms with E-state index in [0.717, 1.165) is 67.8 Å². The third-order valence-electron chi connectivity index (χ3n) is 10.5. The van der Waals surface area contributed by atoms with Gasteiger partial charge in [0.2, 0.25) is 11.8 Å². The standard InChI is InChI=1S/C37H44N8O4S/c38-29(27-4-1-2-7-32(27)46)20-28(35(39)40)24-21-41-45(22-24)25-12-16-43(17-13-25)37(50)14-10-23(11-15-37)26-5-3-6-30-34(26)49-19-18-44(30)31-8-9-33(47)42-36(31)48/h1-7,10,20-22,25,31,46,50H,8-9,11-19,38-40H2,(H,42,47,48)/b29-20-/t31?,37-/m0/s1. The van der Waals surface area contributed by atoms with Gasteiger partial charge in [0.25, 0.3) is 0 Å². The summed E-state index contributed by atoms with van der Waals surface area (Å²) in [6, 6.07) is 12.8. The van der Waals surface area contributed by atoms with Gasteiger partial charge in [-0.25, -0.2) is 0 Å². The number of allylic oxidation sites excluding steroid dienone is 3. The van der Waals surface area contributed by atoms with Gasteiger partial charge in [-0.15, -0.1) is 0 Å². The Kier molecular flexibility index (Phi) is 9.27. The maximum absolute atomic E-state index is 12.7. The lowest BCUT2D eigenvalue weighted by molar-refractivity contribution is -0.134. The minimum atomic E-state index is -0.379. The molecule has 1 aromatic heterocycles. The van der Waals surface area contributed by atoms with Crippen molar-refractivity contribution >= 4 is 47.0 Å². The first-order chi connectivity index (χ1) is 24.1. The quantitative estimate of drug-likeness (QED) is 0.121. The highest BCUT2D eigenvalue weighted by molar-refractivity contribution is 7.81. The number of carbonyl (C=O) groups is 2. The monoisotopic (exact) mass is 696 g/mol. The molecule has 1 aliphatic carbocycles. The molecule has 2 saturated heterocycles. The minimum absolute atomic E-state index is 0.0802. The van der Waals surface area contributed by atoms with Gasteiger partial charge in [-0.2, -0.15) is 17.7 Å². The van der Waals surface area contributed by atoms with E-state index in [-0.39, 0.29) is 40.3 Å². The molecule has 3 aliphatic heterocycles. The predicted octanol–water partition coefficient (Wildman–Crippen LogP) is 3.71. The molecule has 1 unspecified atom stereocenters.